The summed E-state index contributed by atoms with van der Waals surface area (Å²) in [6, 6.07) is 4.43. The average Bonchev–Trinajstić information content (AvgIpc) is 2.99. The van der Waals surface area contributed by atoms with Gasteiger partial charge in [0, 0.05) is 11.8 Å². The zero-order valence-corrected chi connectivity index (χ0v) is 15.4. The van der Waals surface area contributed by atoms with E-state index >= 15 is 0 Å². The van der Waals surface area contributed by atoms with E-state index in [1.165, 1.54) is 19.4 Å². The summed E-state index contributed by atoms with van der Waals surface area (Å²) in [6.45, 7) is 7.37. The fraction of sp³-hybridized carbons (Fsp3) is 0.588. The third-order valence-corrected chi connectivity index (χ3v) is 4.93. The van der Waals surface area contributed by atoms with Crippen molar-refractivity contribution in [1.82, 2.24) is 4.90 Å². The summed E-state index contributed by atoms with van der Waals surface area (Å²) in [5.41, 5.74) is 1.89. The number of hydrogen-bond donors (Lipinski definition) is 0. The maximum Gasteiger partial charge on any atom is 0.145 e. The van der Waals surface area contributed by atoms with Gasteiger partial charge in [-0.05, 0) is 60.9 Å². The molecule has 1 unspecified atom stereocenters. The van der Waals surface area contributed by atoms with Crippen LogP contribution in [0.1, 0.15) is 32.3 Å². The smallest absolute Gasteiger partial charge is 0.145 e. The van der Waals surface area contributed by atoms with E-state index in [0.717, 1.165) is 40.3 Å². The summed E-state index contributed by atoms with van der Waals surface area (Å²) in [6.07, 6.45) is 2.51. The van der Waals surface area contributed by atoms with Gasteiger partial charge in [-0.2, -0.15) is 0 Å². The van der Waals surface area contributed by atoms with E-state index in [0.29, 0.717) is 6.04 Å². The Bertz CT molecular complexity index is 546. The van der Waals surface area contributed by atoms with Gasteiger partial charge in [-0.1, -0.05) is 6.92 Å². The fourth-order valence-corrected chi connectivity index (χ4v) is 3.58. The van der Waals surface area contributed by atoms with Crippen molar-refractivity contribution in [2.24, 2.45) is 4.99 Å². The molecule has 1 aliphatic rings. The highest BCUT2D eigenvalue weighted by atomic mass is 79.9. The molecule has 0 amide bonds. The van der Waals surface area contributed by atoms with E-state index in [4.69, 9.17) is 14.5 Å². The minimum atomic E-state index is 0.559. The van der Waals surface area contributed by atoms with Crippen LogP contribution >= 0.6 is 15.9 Å². The van der Waals surface area contributed by atoms with Gasteiger partial charge in [0.25, 0.3) is 0 Å². The Kier molecular flexibility index (Phi) is 6.26. The first-order valence-electron chi connectivity index (χ1n) is 7.78. The molecular weight excluding hydrogens is 344 g/mol. The molecule has 0 N–H and O–H groups in total. The van der Waals surface area contributed by atoms with Gasteiger partial charge in [-0.3, -0.25) is 9.89 Å². The Hall–Kier alpha value is -1.07. The molecule has 1 heterocycles. The highest BCUT2D eigenvalue weighted by molar-refractivity contribution is 9.10. The van der Waals surface area contributed by atoms with Crippen LogP contribution < -0.4 is 9.47 Å². The lowest BCUT2D eigenvalue weighted by Gasteiger charge is -2.21. The SMILES string of the molecule is CCN1CCCC1C/N=C(\C)c1c(OC)ccc(Br)c1OC. The standard InChI is InChI=1S/C17H25BrN2O2/c1-5-20-10-6-7-13(20)11-19-12(2)16-15(21-3)9-8-14(18)17(16)22-4/h8-9,13H,5-7,10-11H2,1-4H3/b19-12+. The van der Waals surface area contributed by atoms with Crippen molar-refractivity contribution in [1.29, 1.82) is 0 Å². The van der Waals surface area contributed by atoms with E-state index in [1.54, 1.807) is 14.2 Å². The molecule has 0 radical (unpaired) electrons. The number of likely N-dealkylation sites (tertiary alicyclic amines) is 1. The highest BCUT2D eigenvalue weighted by Crippen LogP contribution is 2.36. The van der Waals surface area contributed by atoms with E-state index in [9.17, 15) is 0 Å². The molecule has 0 aliphatic carbocycles. The van der Waals surface area contributed by atoms with Crippen molar-refractivity contribution in [2.45, 2.75) is 32.7 Å². The molecule has 0 spiro atoms. The molecular formula is C17H25BrN2O2. The average molecular weight is 369 g/mol. The Morgan fingerprint density at radius 2 is 2.14 bits per heavy atom. The molecule has 1 aliphatic heterocycles. The molecule has 0 aromatic heterocycles. The number of aliphatic imine (C=N–C) groups is 1. The van der Waals surface area contributed by atoms with Crippen molar-refractivity contribution < 1.29 is 9.47 Å². The summed E-state index contributed by atoms with van der Waals surface area (Å²) in [5, 5.41) is 0. The minimum absolute atomic E-state index is 0.559. The number of rotatable bonds is 6. The molecule has 22 heavy (non-hydrogen) atoms. The van der Waals surface area contributed by atoms with Crippen LogP contribution in [-0.2, 0) is 0 Å². The van der Waals surface area contributed by atoms with E-state index < -0.39 is 0 Å². The number of halogens is 1. The first-order valence-corrected chi connectivity index (χ1v) is 8.57. The highest BCUT2D eigenvalue weighted by Gasteiger charge is 2.23. The molecule has 1 aromatic carbocycles. The lowest BCUT2D eigenvalue weighted by atomic mass is 10.1. The van der Waals surface area contributed by atoms with Crippen LogP contribution in [0.15, 0.2) is 21.6 Å². The van der Waals surface area contributed by atoms with Crippen LogP contribution in [0.5, 0.6) is 11.5 Å². The number of likely N-dealkylation sites (N-methyl/N-ethyl adjacent to an activating group) is 1. The largest absolute Gasteiger partial charge is 0.496 e. The molecule has 2 rings (SSSR count). The van der Waals surface area contributed by atoms with Gasteiger partial charge in [-0.15, -0.1) is 0 Å². The maximum absolute atomic E-state index is 5.54. The van der Waals surface area contributed by atoms with Gasteiger partial charge in [0.1, 0.15) is 11.5 Å². The Morgan fingerprint density at radius 3 is 2.77 bits per heavy atom. The monoisotopic (exact) mass is 368 g/mol. The Morgan fingerprint density at radius 1 is 1.36 bits per heavy atom. The second-order valence-electron chi connectivity index (χ2n) is 5.51. The predicted octanol–water partition coefficient (Wildman–Crippen LogP) is 3.76. The van der Waals surface area contributed by atoms with E-state index in [1.807, 2.05) is 19.1 Å². The topological polar surface area (TPSA) is 34.1 Å². The number of methoxy groups -OCH3 is 2. The molecule has 0 saturated carbocycles. The zero-order valence-electron chi connectivity index (χ0n) is 13.9. The third kappa shape index (κ3) is 3.63. The van der Waals surface area contributed by atoms with Crippen molar-refractivity contribution >= 4 is 21.6 Å². The van der Waals surface area contributed by atoms with Crippen molar-refractivity contribution in [3.8, 4) is 11.5 Å². The molecule has 1 atom stereocenters. The first-order chi connectivity index (χ1) is 10.6. The summed E-state index contributed by atoms with van der Waals surface area (Å²) >= 11 is 3.53. The Labute approximate surface area is 141 Å². The van der Waals surface area contributed by atoms with Gasteiger partial charge in [0.2, 0.25) is 0 Å². The fourth-order valence-electron chi connectivity index (χ4n) is 3.09. The molecule has 1 fully saturated rings. The van der Waals surface area contributed by atoms with Crippen LogP contribution in [0, 0.1) is 0 Å². The summed E-state index contributed by atoms with van der Waals surface area (Å²) in [5.74, 6) is 1.57. The second kappa shape index (κ2) is 7.97. The van der Waals surface area contributed by atoms with Crippen LogP contribution in [-0.4, -0.2) is 50.5 Å². The lowest BCUT2D eigenvalue weighted by molar-refractivity contribution is 0.273. The zero-order chi connectivity index (χ0) is 16.1. The molecule has 1 saturated heterocycles. The van der Waals surface area contributed by atoms with Gasteiger partial charge >= 0.3 is 0 Å². The van der Waals surface area contributed by atoms with Gasteiger partial charge in [0.15, 0.2) is 0 Å². The predicted molar refractivity (Wildman–Crippen MR) is 94.6 cm³/mol. The summed E-state index contributed by atoms with van der Waals surface area (Å²) in [7, 11) is 3.35. The summed E-state index contributed by atoms with van der Waals surface area (Å²) in [4.78, 5) is 7.33. The number of nitrogens with zero attached hydrogens (tertiary/aromatic N) is 2. The van der Waals surface area contributed by atoms with Crippen LogP contribution in [0.25, 0.3) is 0 Å². The third-order valence-electron chi connectivity index (χ3n) is 4.30. The minimum Gasteiger partial charge on any atom is -0.496 e. The number of benzene rings is 1. The van der Waals surface area contributed by atoms with Gasteiger partial charge < -0.3 is 9.47 Å². The van der Waals surface area contributed by atoms with Crippen molar-refractivity contribution in [2.75, 3.05) is 33.9 Å². The molecule has 0 bridgehead atoms. The van der Waals surface area contributed by atoms with Gasteiger partial charge in [-0.25, -0.2) is 0 Å². The normalized spacial score (nSPS) is 19.5. The quantitative estimate of drug-likeness (QED) is 0.716. The Balaban J connectivity index is 2.26. The van der Waals surface area contributed by atoms with Gasteiger partial charge in [0.05, 0.1) is 30.8 Å². The second-order valence-corrected chi connectivity index (χ2v) is 6.36. The van der Waals surface area contributed by atoms with Crippen LogP contribution in [0.2, 0.25) is 0 Å². The van der Waals surface area contributed by atoms with Crippen molar-refractivity contribution in [3.63, 3.8) is 0 Å². The van der Waals surface area contributed by atoms with Crippen LogP contribution in [0.4, 0.5) is 0 Å². The number of hydrogen-bond acceptors (Lipinski definition) is 4. The summed E-state index contributed by atoms with van der Waals surface area (Å²) < 4.78 is 11.9. The van der Waals surface area contributed by atoms with Crippen molar-refractivity contribution in [3.05, 3.63) is 22.2 Å². The van der Waals surface area contributed by atoms with E-state index in [-0.39, 0.29) is 0 Å². The lowest BCUT2D eigenvalue weighted by Crippen LogP contribution is -2.31. The molecule has 4 nitrogen and oxygen atoms in total. The molecule has 5 heteroatoms. The first kappa shape index (κ1) is 17.3. The van der Waals surface area contributed by atoms with Crippen LogP contribution in [0.3, 0.4) is 0 Å². The molecule has 1 aromatic rings. The maximum atomic E-state index is 5.54. The van der Waals surface area contributed by atoms with E-state index in [2.05, 4.69) is 27.8 Å². The molecule has 122 valence electrons. The number of ether oxygens (including phenoxy) is 2.